The number of rotatable bonds is 5. The highest BCUT2D eigenvalue weighted by Crippen LogP contribution is 2.42. The maximum Gasteiger partial charge on any atom is 0.335 e. The Hall–Kier alpha value is -2.37. The predicted molar refractivity (Wildman–Crippen MR) is 113 cm³/mol. The van der Waals surface area contributed by atoms with Crippen LogP contribution in [0, 0.1) is 5.92 Å². The number of pyridine rings is 1. The van der Waals surface area contributed by atoms with Gasteiger partial charge >= 0.3 is 5.97 Å². The fourth-order valence-corrected chi connectivity index (χ4v) is 5.02. The zero-order valence-electron chi connectivity index (χ0n) is 17.5. The number of allylic oxidation sites excluding steroid dienone is 3. The molecular weight excluding hydrogens is 442 g/mol. The van der Waals surface area contributed by atoms with Crippen molar-refractivity contribution in [3.05, 3.63) is 41.8 Å². The molecule has 0 spiro atoms. The monoisotopic (exact) mass is 468 g/mol. The minimum Gasteiger partial charge on any atom is -0.478 e. The summed E-state index contributed by atoms with van der Waals surface area (Å²) in [7, 11) is -4.09. The topological polar surface area (TPSA) is 117 Å². The smallest absolute Gasteiger partial charge is 0.335 e. The van der Waals surface area contributed by atoms with Gasteiger partial charge in [-0.3, -0.25) is 4.90 Å². The number of aliphatic carboxylic acids is 1. The van der Waals surface area contributed by atoms with Crippen LogP contribution in [-0.2, 0) is 14.8 Å². The van der Waals surface area contributed by atoms with Crippen molar-refractivity contribution in [2.45, 2.75) is 55.6 Å². The van der Waals surface area contributed by atoms with Gasteiger partial charge in [-0.25, -0.2) is 32.1 Å². The highest BCUT2D eigenvalue weighted by atomic mass is 32.2. The molecule has 174 valence electrons. The molecule has 4 rings (SSSR count). The van der Waals surface area contributed by atoms with Crippen LogP contribution in [0.3, 0.4) is 0 Å². The molecular formula is C21H26F2N4O4S. The first-order valence-corrected chi connectivity index (χ1v) is 12.2. The third-order valence-electron chi connectivity index (χ3n) is 6.39. The number of likely N-dealkylation sites (tertiary alicyclic amines) is 1. The first-order chi connectivity index (χ1) is 15.1. The minimum absolute atomic E-state index is 0.0177. The molecule has 0 amide bonds. The van der Waals surface area contributed by atoms with E-state index in [1.807, 2.05) is 0 Å². The highest BCUT2D eigenvalue weighted by Gasteiger charge is 2.42. The Morgan fingerprint density at radius 1 is 1.19 bits per heavy atom. The van der Waals surface area contributed by atoms with E-state index < -0.39 is 28.1 Å². The quantitative estimate of drug-likeness (QED) is 0.682. The van der Waals surface area contributed by atoms with Gasteiger partial charge in [0.1, 0.15) is 6.17 Å². The lowest BCUT2D eigenvalue weighted by Crippen LogP contribution is -2.53. The van der Waals surface area contributed by atoms with Gasteiger partial charge in [-0.1, -0.05) is 6.42 Å². The van der Waals surface area contributed by atoms with Crippen LogP contribution in [0.2, 0.25) is 0 Å². The summed E-state index contributed by atoms with van der Waals surface area (Å²) in [4.78, 5) is 19.5. The number of nitrogens with two attached hydrogens (primary N) is 1. The molecule has 1 unspecified atom stereocenters. The van der Waals surface area contributed by atoms with Crippen molar-refractivity contribution in [2.75, 3.05) is 18.0 Å². The molecule has 1 saturated carbocycles. The number of carboxylic acid groups (broad SMARTS) is 1. The first kappa shape index (κ1) is 22.8. The van der Waals surface area contributed by atoms with E-state index in [1.165, 1.54) is 12.3 Å². The van der Waals surface area contributed by atoms with Gasteiger partial charge in [-0.15, -0.1) is 0 Å². The van der Waals surface area contributed by atoms with Crippen molar-refractivity contribution < 1.29 is 27.1 Å². The van der Waals surface area contributed by atoms with E-state index in [0.717, 1.165) is 25.0 Å². The van der Waals surface area contributed by atoms with E-state index in [2.05, 4.69) is 4.98 Å². The van der Waals surface area contributed by atoms with Gasteiger partial charge in [-0.2, -0.15) is 0 Å². The third-order valence-corrected chi connectivity index (χ3v) is 7.20. The number of hydrogen-bond donors (Lipinski definition) is 2. The van der Waals surface area contributed by atoms with Crippen molar-refractivity contribution >= 4 is 21.7 Å². The SMILES string of the molecule is NS(=O)(=O)c1cc(N2C(C3CCC3)=CC=C(C(=O)O)C2N2CCCC(F)(F)CC2)ccn1. The molecule has 11 heteroatoms. The Balaban J connectivity index is 1.82. The third kappa shape index (κ3) is 4.55. The Morgan fingerprint density at radius 3 is 2.56 bits per heavy atom. The number of nitrogens with zero attached hydrogens (tertiary/aromatic N) is 3. The highest BCUT2D eigenvalue weighted by molar-refractivity contribution is 7.89. The van der Waals surface area contributed by atoms with Crippen molar-refractivity contribution in [1.29, 1.82) is 0 Å². The average Bonchev–Trinajstić information content (AvgIpc) is 2.86. The van der Waals surface area contributed by atoms with E-state index in [4.69, 9.17) is 5.14 Å². The summed E-state index contributed by atoms with van der Waals surface area (Å²) in [5, 5.41) is 14.9. The molecule has 1 aromatic rings. The second kappa shape index (κ2) is 8.53. The van der Waals surface area contributed by atoms with E-state index in [-0.39, 0.29) is 42.3 Å². The fourth-order valence-electron chi connectivity index (χ4n) is 4.52. The molecule has 8 nitrogen and oxygen atoms in total. The van der Waals surface area contributed by atoms with E-state index in [1.54, 1.807) is 28.0 Å². The average molecular weight is 469 g/mol. The molecule has 2 fully saturated rings. The van der Waals surface area contributed by atoms with Crippen LogP contribution in [0.4, 0.5) is 14.5 Å². The van der Waals surface area contributed by atoms with Gasteiger partial charge in [0.2, 0.25) is 5.92 Å². The van der Waals surface area contributed by atoms with E-state index in [0.29, 0.717) is 12.2 Å². The molecule has 0 aromatic carbocycles. The van der Waals surface area contributed by atoms with E-state index >= 15 is 0 Å². The van der Waals surface area contributed by atoms with Gasteiger partial charge in [0.05, 0.1) is 5.57 Å². The second-order valence-electron chi connectivity index (χ2n) is 8.53. The van der Waals surface area contributed by atoms with Gasteiger partial charge in [0.25, 0.3) is 10.0 Å². The molecule has 3 aliphatic rings. The lowest BCUT2D eigenvalue weighted by molar-refractivity contribution is -0.133. The van der Waals surface area contributed by atoms with E-state index in [9.17, 15) is 27.1 Å². The van der Waals surface area contributed by atoms with Gasteiger partial charge < -0.3 is 10.0 Å². The largest absolute Gasteiger partial charge is 0.478 e. The van der Waals surface area contributed by atoms with Crippen LogP contribution >= 0.6 is 0 Å². The number of alkyl halides is 2. The summed E-state index contributed by atoms with van der Waals surface area (Å²) in [6.45, 7) is 0.316. The lowest BCUT2D eigenvalue weighted by atomic mass is 9.80. The summed E-state index contributed by atoms with van der Waals surface area (Å²) in [5.41, 5.74) is 1.30. The molecule has 0 radical (unpaired) electrons. The standard InChI is InChI=1S/C21H26F2N4O4S/c22-21(23)8-2-11-26(12-9-21)19-16(20(28)29)5-6-17(14-3-1-4-14)27(19)15-7-10-25-18(13-15)32(24,30)31/h5-7,10,13-14,19H,1-4,8-9,11-12H2,(H,28,29)(H2,24,30,31). The zero-order chi connectivity index (χ0) is 23.1. The molecule has 3 heterocycles. The normalized spacial score (nSPS) is 24.8. The zero-order valence-corrected chi connectivity index (χ0v) is 18.3. The van der Waals surface area contributed by atoms with Gasteiger partial charge in [0.15, 0.2) is 5.03 Å². The first-order valence-electron chi connectivity index (χ1n) is 10.6. The minimum atomic E-state index is -4.09. The summed E-state index contributed by atoms with van der Waals surface area (Å²) in [5.74, 6) is -3.78. The van der Waals surface area contributed by atoms with Crippen LogP contribution in [0.15, 0.2) is 46.8 Å². The second-order valence-corrected chi connectivity index (χ2v) is 10.0. The molecule has 1 aliphatic carbocycles. The molecule has 1 aromatic heterocycles. The van der Waals surface area contributed by atoms with Crippen molar-refractivity contribution in [1.82, 2.24) is 9.88 Å². The van der Waals surface area contributed by atoms with Crippen molar-refractivity contribution in [2.24, 2.45) is 11.1 Å². The van der Waals surface area contributed by atoms with Crippen LogP contribution in [-0.4, -0.2) is 54.6 Å². The number of primary sulfonamides is 1. The Kier molecular flexibility index (Phi) is 6.08. The van der Waals surface area contributed by atoms with Gasteiger partial charge in [-0.05, 0) is 43.4 Å². The molecule has 3 N–H and O–H groups in total. The predicted octanol–water partition coefficient (Wildman–Crippen LogP) is 2.69. The fraction of sp³-hybridized carbons (Fsp3) is 0.524. The van der Waals surface area contributed by atoms with Crippen LogP contribution in [0.25, 0.3) is 0 Å². The Labute approximate surface area is 185 Å². The number of anilines is 1. The maximum atomic E-state index is 14.1. The number of aromatic nitrogens is 1. The van der Waals surface area contributed by atoms with Crippen LogP contribution in [0.1, 0.15) is 38.5 Å². The molecule has 1 atom stereocenters. The van der Waals surface area contributed by atoms with Gasteiger partial charge in [0, 0.05) is 49.6 Å². The summed E-state index contributed by atoms with van der Waals surface area (Å²) in [6.07, 6.45) is 6.21. The maximum absolute atomic E-state index is 14.1. The summed E-state index contributed by atoms with van der Waals surface area (Å²) >= 11 is 0. The molecule has 2 aliphatic heterocycles. The summed E-state index contributed by atoms with van der Waals surface area (Å²) < 4.78 is 51.9. The van der Waals surface area contributed by atoms with Crippen molar-refractivity contribution in [3.8, 4) is 0 Å². The number of sulfonamides is 1. The summed E-state index contributed by atoms with van der Waals surface area (Å²) in [6, 6.07) is 2.90. The Morgan fingerprint density at radius 2 is 1.94 bits per heavy atom. The van der Waals surface area contributed by atoms with Crippen LogP contribution < -0.4 is 10.0 Å². The molecule has 1 saturated heterocycles. The van der Waals surface area contributed by atoms with Crippen molar-refractivity contribution in [3.63, 3.8) is 0 Å². The number of hydrogen-bond acceptors (Lipinski definition) is 6. The lowest BCUT2D eigenvalue weighted by Gasteiger charge is -2.47. The number of halogens is 2. The number of carboxylic acids is 1. The molecule has 32 heavy (non-hydrogen) atoms. The van der Waals surface area contributed by atoms with Crippen LogP contribution in [0.5, 0.6) is 0 Å². The molecule has 0 bridgehead atoms. The number of carbonyl (C=O) groups is 1. The Bertz CT molecular complexity index is 1070.